The van der Waals surface area contributed by atoms with E-state index in [9.17, 15) is 9.18 Å². The quantitative estimate of drug-likeness (QED) is 0.659. The number of rotatable bonds is 4. The number of ether oxygens (including phenoxy) is 1. The first-order valence-corrected chi connectivity index (χ1v) is 8.90. The van der Waals surface area contributed by atoms with Crippen LogP contribution in [0.25, 0.3) is 22.4 Å². The van der Waals surface area contributed by atoms with E-state index in [1.807, 2.05) is 36.4 Å². The molecule has 0 unspecified atom stereocenters. The number of benzene rings is 3. The molecule has 2 N–H and O–H groups in total. The van der Waals surface area contributed by atoms with Gasteiger partial charge in [0.05, 0.1) is 23.9 Å². The molecule has 140 valence electrons. The lowest BCUT2D eigenvalue weighted by molar-refractivity contribution is -0.110. The molecule has 0 bridgehead atoms. The van der Waals surface area contributed by atoms with Gasteiger partial charge in [0.15, 0.2) is 0 Å². The molecule has 0 atom stereocenters. The third kappa shape index (κ3) is 2.91. The van der Waals surface area contributed by atoms with Gasteiger partial charge in [-0.2, -0.15) is 0 Å². The third-order valence-electron chi connectivity index (χ3n) is 4.81. The third-order valence-corrected chi connectivity index (χ3v) is 4.81. The van der Waals surface area contributed by atoms with Crippen LogP contribution in [0.15, 0.2) is 66.7 Å². The Kier molecular flexibility index (Phi) is 4.57. The number of methoxy groups -OCH3 is 1. The predicted octanol–water partition coefficient (Wildman–Crippen LogP) is 4.54. The highest BCUT2D eigenvalue weighted by Gasteiger charge is 2.29. The number of amides is 1. The SMILES string of the molecule is CN/C(=C1/C(=O)Nc2ccc(-c3c(F)cccc3OC)cc21)c1ccccc1. The summed E-state index contributed by atoms with van der Waals surface area (Å²) in [6, 6.07) is 19.8. The van der Waals surface area contributed by atoms with E-state index in [2.05, 4.69) is 10.6 Å². The highest BCUT2D eigenvalue weighted by Crippen LogP contribution is 2.40. The summed E-state index contributed by atoms with van der Waals surface area (Å²) in [6.45, 7) is 0. The molecule has 0 fully saturated rings. The molecule has 5 heteroatoms. The van der Waals surface area contributed by atoms with Crippen LogP contribution in [0.5, 0.6) is 5.75 Å². The normalized spacial score (nSPS) is 14.3. The van der Waals surface area contributed by atoms with Gasteiger partial charge in [0.1, 0.15) is 11.6 Å². The van der Waals surface area contributed by atoms with E-state index in [1.165, 1.54) is 13.2 Å². The first-order valence-electron chi connectivity index (χ1n) is 8.90. The van der Waals surface area contributed by atoms with E-state index in [1.54, 1.807) is 31.3 Å². The first-order chi connectivity index (χ1) is 13.6. The summed E-state index contributed by atoms with van der Waals surface area (Å²) in [5, 5.41) is 6.04. The van der Waals surface area contributed by atoms with Gasteiger partial charge in [0.2, 0.25) is 0 Å². The zero-order valence-corrected chi connectivity index (χ0v) is 15.5. The van der Waals surface area contributed by atoms with Gasteiger partial charge < -0.3 is 15.4 Å². The van der Waals surface area contributed by atoms with Gasteiger partial charge in [-0.05, 0) is 35.4 Å². The number of hydrogen-bond donors (Lipinski definition) is 2. The second kappa shape index (κ2) is 7.19. The summed E-state index contributed by atoms with van der Waals surface area (Å²) in [5.41, 5.74) is 4.58. The number of carbonyl (C=O) groups excluding carboxylic acids is 1. The van der Waals surface area contributed by atoms with Crippen LogP contribution < -0.4 is 15.4 Å². The summed E-state index contributed by atoms with van der Waals surface area (Å²) in [6.07, 6.45) is 0. The molecule has 0 aromatic heterocycles. The molecule has 1 heterocycles. The van der Waals surface area contributed by atoms with Crippen LogP contribution in [-0.2, 0) is 4.79 Å². The van der Waals surface area contributed by atoms with Crippen molar-refractivity contribution in [1.82, 2.24) is 5.32 Å². The summed E-state index contributed by atoms with van der Waals surface area (Å²) in [4.78, 5) is 12.7. The van der Waals surface area contributed by atoms with Crippen molar-refractivity contribution in [3.05, 3.63) is 83.7 Å². The van der Waals surface area contributed by atoms with Gasteiger partial charge in [0, 0.05) is 18.3 Å². The molecule has 0 radical (unpaired) electrons. The van der Waals surface area contributed by atoms with Crippen molar-refractivity contribution < 1.29 is 13.9 Å². The van der Waals surface area contributed by atoms with Crippen LogP contribution in [0.3, 0.4) is 0 Å². The topological polar surface area (TPSA) is 50.4 Å². The maximum absolute atomic E-state index is 14.6. The number of halogens is 1. The second-order valence-corrected chi connectivity index (χ2v) is 6.40. The lowest BCUT2D eigenvalue weighted by Crippen LogP contribution is -2.13. The van der Waals surface area contributed by atoms with Crippen molar-refractivity contribution in [3.63, 3.8) is 0 Å². The summed E-state index contributed by atoms with van der Waals surface area (Å²) in [5.74, 6) is -0.125. The smallest absolute Gasteiger partial charge is 0.258 e. The van der Waals surface area contributed by atoms with Gasteiger partial charge in [-0.15, -0.1) is 0 Å². The predicted molar refractivity (Wildman–Crippen MR) is 109 cm³/mol. The molecule has 0 aliphatic carbocycles. The van der Waals surface area contributed by atoms with Crippen molar-refractivity contribution in [3.8, 4) is 16.9 Å². The Morgan fingerprint density at radius 2 is 1.82 bits per heavy atom. The van der Waals surface area contributed by atoms with Crippen LogP contribution in [0.1, 0.15) is 11.1 Å². The Balaban J connectivity index is 1.93. The van der Waals surface area contributed by atoms with Gasteiger partial charge in [-0.25, -0.2) is 4.39 Å². The Morgan fingerprint density at radius 3 is 2.54 bits per heavy atom. The zero-order chi connectivity index (χ0) is 19.7. The largest absolute Gasteiger partial charge is 0.496 e. The van der Waals surface area contributed by atoms with Crippen molar-refractivity contribution in [2.75, 3.05) is 19.5 Å². The van der Waals surface area contributed by atoms with E-state index >= 15 is 0 Å². The number of nitrogens with one attached hydrogen (secondary N) is 2. The van der Waals surface area contributed by atoms with E-state index in [0.717, 1.165) is 16.8 Å². The van der Waals surface area contributed by atoms with Gasteiger partial charge in [-0.3, -0.25) is 4.79 Å². The average molecular weight is 374 g/mol. The maximum Gasteiger partial charge on any atom is 0.258 e. The minimum Gasteiger partial charge on any atom is -0.496 e. The molecule has 0 spiro atoms. The molecule has 1 aliphatic heterocycles. The number of hydrogen-bond acceptors (Lipinski definition) is 3. The highest BCUT2D eigenvalue weighted by atomic mass is 19.1. The van der Waals surface area contributed by atoms with Crippen LogP contribution in [0.4, 0.5) is 10.1 Å². The van der Waals surface area contributed by atoms with Crippen molar-refractivity contribution >= 4 is 22.9 Å². The number of carbonyl (C=O) groups is 1. The first kappa shape index (κ1) is 17.8. The van der Waals surface area contributed by atoms with Crippen LogP contribution in [-0.4, -0.2) is 20.1 Å². The molecule has 3 aromatic rings. The van der Waals surface area contributed by atoms with E-state index < -0.39 is 0 Å². The Labute approximate surface area is 162 Å². The Bertz CT molecular complexity index is 1090. The van der Waals surface area contributed by atoms with Crippen LogP contribution in [0.2, 0.25) is 0 Å². The maximum atomic E-state index is 14.6. The summed E-state index contributed by atoms with van der Waals surface area (Å²) >= 11 is 0. The summed E-state index contributed by atoms with van der Waals surface area (Å²) in [7, 11) is 3.29. The molecule has 1 aliphatic rings. The van der Waals surface area contributed by atoms with E-state index in [4.69, 9.17) is 4.74 Å². The standard InChI is InChI=1S/C23H19FN2O2/c1-25-22(14-7-4-3-5-8-14)21-16-13-15(11-12-18(16)26-23(21)27)20-17(24)9-6-10-19(20)28-2/h3-13,25H,1-2H3,(H,26,27)/b22-21+. The van der Waals surface area contributed by atoms with Crippen LogP contribution >= 0.6 is 0 Å². The minimum absolute atomic E-state index is 0.194. The van der Waals surface area contributed by atoms with Crippen LogP contribution in [0, 0.1) is 5.82 Å². The molecular weight excluding hydrogens is 355 g/mol. The van der Waals surface area contributed by atoms with Crippen molar-refractivity contribution in [1.29, 1.82) is 0 Å². The molecular formula is C23H19FN2O2. The van der Waals surface area contributed by atoms with Crippen molar-refractivity contribution in [2.45, 2.75) is 0 Å². The molecule has 0 saturated heterocycles. The molecule has 1 amide bonds. The van der Waals surface area contributed by atoms with Gasteiger partial charge in [-0.1, -0.05) is 42.5 Å². The van der Waals surface area contributed by atoms with E-state index in [0.29, 0.717) is 28.1 Å². The monoisotopic (exact) mass is 374 g/mol. The number of anilines is 1. The Morgan fingerprint density at radius 1 is 1.04 bits per heavy atom. The molecule has 28 heavy (non-hydrogen) atoms. The van der Waals surface area contributed by atoms with Crippen molar-refractivity contribution in [2.24, 2.45) is 0 Å². The molecule has 3 aromatic carbocycles. The number of fused-ring (bicyclic) bond motifs is 1. The highest BCUT2D eigenvalue weighted by molar-refractivity contribution is 6.36. The minimum atomic E-state index is -0.376. The lowest BCUT2D eigenvalue weighted by atomic mass is 9.96. The summed E-state index contributed by atoms with van der Waals surface area (Å²) < 4.78 is 19.9. The molecule has 0 saturated carbocycles. The molecule has 4 rings (SSSR count). The van der Waals surface area contributed by atoms with E-state index in [-0.39, 0.29) is 11.7 Å². The fourth-order valence-electron chi connectivity index (χ4n) is 3.54. The zero-order valence-electron chi connectivity index (χ0n) is 15.5. The molecule has 4 nitrogen and oxygen atoms in total. The van der Waals surface area contributed by atoms with Gasteiger partial charge in [0.25, 0.3) is 5.91 Å². The van der Waals surface area contributed by atoms with Gasteiger partial charge >= 0.3 is 0 Å². The fraction of sp³-hybridized carbons (Fsp3) is 0.0870. The Hall–Kier alpha value is -3.60. The lowest BCUT2D eigenvalue weighted by Gasteiger charge is -2.13. The average Bonchev–Trinajstić information content (AvgIpc) is 3.04. The second-order valence-electron chi connectivity index (χ2n) is 6.40. The fourth-order valence-corrected chi connectivity index (χ4v) is 3.54.